The van der Waals surface area contributed by atoms with Crippen molar-refractivity contribution in [2.45, 2.75) is 13.3 Å². The fourth-order valence-corrected chi connectivity index (χ4v) is 1.44. The lowest BCUT2D eigenvalue weighted by molar-refractivity contribution is 0.0991. The second kappa shape index (κ2) is 4.78. The van der Waals surface area contributed by atoms with Crippen molar-refractivity contribution in [1.82, 2.24) is 9.97 Å². The first-order valence-electron chi connectivity index (χ1n) is 5.12. The van der Waals surface area contributed by atoms with E-state index in [1.54, 1.807) is 19.1 Å². The SMILES string of the molecule is COc1cc(CC(=O)c2coc(C)c2)ncn1. The van der Waals surface area contributed by atoms with Crippen molar-refractivity contribution < 1.29 is 13.9 Å². The molecule has 2 aromatic heterocycles. The minimum atomic E-state index is -0.0393. The molecule has 0 unspecified atom stereocenters. The largest absolute Gasteiger partial charge is 0.481 e. The van der Waals surface area contributed by atoms with Crippen LogP contribution in [0.4, 0.5) is 0 Å². The van der Waals surface area contributed by atoms with Crippen molar-refractivity contribution in [2.75, 3.05) is 7.11 Å². The maximum absolute atomic E-state index is 11.9. The zero-order valence-corrected chi connectivity index (χ0v) is 9.64. The van der Waals surface area contributed by atoms with Crippen LogP contribution in [0.2, 0.25) is 0 Å². The summed E-state index contributed by atoms with van der Waals surface area (Å²) in [7, 11) is 1.52. The van der Waals surface area contributed by atoms with Crippen molar-refractivity contribution in [3.8, 4) is 5.88 Å². The van der Waals surface area contributed by atoms with Gasteiger partial charge in [-0.05, 0) is 13.0 Å². The molecule has 0 atom stereocenters. The molecule has 0 radical (unpaired) electrons. The molecule has 2 rings (SSSR count). The van der Waals surface area contributed by atoms with Crippen LogP contribution < -0.4 is 4.74 Å². The predicted molar refractivity (Wildman–Crippen MR) is 60.1 cm³/mol. The van der Waals surface area contributed by atoms with Gasteiger partial charge in [0.05, 0.1) is 24.8 Å². The van der Waals surface area contributed by atoms with Crippen molar-refractivity contribution >= 4 is 5.78 Å². The third kappa shape index (κ3) is 2.69. The van der Waals surface area contributed by atoms with E-state index in [1.165, 1.54) is 19.7 Å². The van der Waals surface area contributed by atoms with E-state index in [1.807, 2.05) is 0 Å². The van der Waals surface area contributed by atoms with Gasteiger partial charge in [0.1, 0.15) is 18.4 Å². The Bertz CT molecular complexity index is 534. The third-order valence-electron chi connectivity index (χ3n) is 2.30. The Morgan fingerprint density at radius 1 is 1.41 bits per heavy atom. The van der Waals surface area contributed by atoms with Crippen molar-refractivity contribution in [3.05, 3.63) is 41.7 Å². The summed E-state index contributed by atoms with van der Waals surface area (Å²) in [6.45, 7) is 1.80. The van der Waals surface area contributed by atoms with E-state index >= 15 is 0 Å². The first-order valence-corrected chi connectivity index (χ1v) is 5.12. The van der Waals surface area contributed by atoms with Gasteiger partial charge in [0.15, 0.2) is 5.78 Å². The molecular formula is C12H12N2O3. The Morgan fingerprint density at radius 3 is 2.88 bits per heavy atom. The normalized spacial score (nSPS) is 10.2. The fourth-order valence-electron chi connectivity index (χ4n) is 1.44. The highest BCUT2D eigenvalue weighted by atomic mass is 16.5. The molecule has 2 aromatic rings. The van der Waals surface area contributed by atoms with Crippen LogP contribution in [0.25, 0.3) is 0 Å². The monoisotopic (exact) mass is 232 g/mol. The molecule has 5 heteroatoms. The van der Waals surface area contributed by atoms with Crippen molar-refractivity contribution in [2.24, 2.45) is 0 Å². The molecule has 0 N–H and O–H groups in total. The van der Waals surface area contributed by atoms with Gasteiger partial charge in [0.25, 0.3) is 0 Å². The minimum absolute atomic E-state index is 0.0393. The third-order valence-corrected chi connectivity index (χ3v) is 2.30. The number of methoxy groups -OCH3 is 1. The van der Waals surface area contributed by atoms with E-state index in [4.69, 9.17) is 9.15 Å². The minimum Gasteiger partial charge on any atom is -0.481 e. The molecule has 0 saturated heterocycles. The number of aromatic nitrogens is 2. The molecule has 0 aliphatic rings. The van der Waals surface area contributed by atoms with Gasteiger partial charge in [0, 0.05) is 6.07 Å². The highest BCUT2D eigenvalue weighted by Crippen LogP contribution is 2.12. The van der Waals surface area contributed by atoms with E-state index in [-0.39, 0.29) is 12.2 Å². The van der Waals surface area contributed by atoms with Gasteiger partial charge in [-0.15, -0.1) is 0 Å². The molecule has 0 aromatic carbocycles. The van der Waals surface area contributed by atoms with Gasteiger partial charge >= 0.3 is 0 Å². The van der Waals surface area contributed by atoms with Crippen LogP contribution in [0, 0.1) is 6.92 Å². The Kier molecular flexibility index (Phi) is 3.18. The Balaban J connectivity index is 2.12. The van der Waals surface area contributed by atoms with Crippen LogP contribution in [0.5, 0.6) is 5.88 Å². The van der Waals surface area contributed by atoms with Gasteiger partial charge in [-0.1, -0.05) is 0 Å². The van der Waals surface area contributed by atoms with E-state index in [2.05, 4.69) is 9.97 Å². The molecule has 5 nitrogen and oxygen atoms in total. The molecule has 0 aliphatic heterocycles. The first-order chi connectivity index (χ1) is 8.19. The molecule has 0 aliphatic carbocycles. The number of hydrogen-bond acceptors (Lipinski definition) is 5. The summed E-state index contributed by atoms with van der Waals surface area (Å²) in [5, 5.41) is 0. The average molecular weight is 232 g/mol. The van der Waals surface area contributed by atoms with Crippen LogP contribution >= 0.6 is 0 Å². The maximum atomic E-state index is 11.9. The summed E-state index contributed by atoms with van der Waals surface area (Å²) in [5.74, 6) is 1.13. The number of rotatable bonds is 4. The van der Waals surface area contributed by atoms with E-state index in [0.29, 0.717) is 22.9 Å². The second-order valence-electron chi connectivity index (χ2n) is 3.60. The predicted octanol–water partition coefficient (Wildman–Crippen LogP) is 1.81. The average Bonchev–Trinajstić information content (AvgIpc) is 2.76. The lowest BCUT2D eigenvalue weighted by Crippen LogP contribution is -2.04. The molecular weight excluding hydrogens is 220 g/mol. The Morgan fingerprint density at radius 2 is 2.24 bits per heavy atom. The number of hydrogen-bond donors (Lipinski definition) is 0. The Labute approximate surface area is 98.5 Å². The van der Waals surface area contributed by atoms with Gasteiger partial charge < -0.3 is 9.15 Å². The van der Waals surface area contributed by atoms with E-state index < -0.39 is 0 Å². The topological polar surface area (TPSA) is 65.2 Å². The smallest absolute Gasteiger partial charge is 0.216 e. The number of furan rings is 1. The van der Waals surface area contributed by atoms with Gasteiger partial charge in [-0.3, -0.25) is 4.79 Å². The molecule has 0 bridgehead atoms. The molecule has 0 fully saturated rings. The van der Waals surface area contributed by atoms with E-state index in [0.717, 1.165) is 0 Å². The molecule has 0 saturated carbocycles. The summed E-state index contributed by atoms with van der Waals surface area (Å²) < 4.78 is 10.1. The van der Waals surface area contributed by atoms with Crippen molar-refractivity contribution in [1.29, 1.82) is 0 Å². The first kappa shape index (κ1) is 11.3. The summed E-state index contributed by atoms with van der Waals surface area (Å²) in [5.41, 5.74) is 1.18. The lowest BCUT2D eigenvalue weighted by Gasteiger charge is -2.00. The number of carbonyl (C=O) groups is 1. The summed E-state index contributed by atoms with van der Waals surface area (Å²) >= 11 is 0. The molecule has 2 heterocycles. The number of Topliss-reactive ketones (excluding diaryl/α,β-unsaturated/α-hetero) is 1. The highest BCUT2D eigenvalue weighted by Gasteiger charge is 2.11. The molecule has 17 heavy (non-hydrogen) atoms. The van der Waals surface area contributed by atoms with E-state index in [9.17, 15) is 4.79 Å². The molecule has 0 amide bonds. The van der Waals surface area contributed by atoms with Crippen LogP contribution in [0.15, 0.2) is 29.1 Å². The fraction of sp³-hybridized carbons (Fsp3) is 0.250. The van der Waals surface area contributed by atoms with Gasteiger partial charge in [-0.2, -0.15) is 0 Å². The lowest BCUT2D eigenvalue weighted by atomic mass is 10.1. The number of carbonyl (C=O) groups excluding carboxylic acids is 1. The quantitative estimate of drug-likeness (QED) is 0.752. The zero-order valence-electron chi connectivity index (χ0n) is 9.64. The van der Waals surface area contributed by atoms with Crippen LogP contribution in [-0.2, 0) is 6.42 Å². The second-order valence-corrected chi connectivity index (χ2v) is 3.60. The van der Waals surface area contributed by atoms with Crippen LogP contribution in [0.1, 0.15) is 21.8 Å². The number of nitrogens with zero attached hydrogens (tertiary/aromatic N) is 2. The van der Waals surface area contributed by atoms with Crippen LogP contribution in [0.3, 0.4) is 0 Å². The summed E-state index contributed by atoms with van der Waals surface area (Å²) in [6, 6.07) is 3.35. The van der Waals surface area contributed by atoms with Gasteiger partial charge in [-0.25, -0.2) is 9.97 Å². The summed E-state index contributed by atoms with van der Waals surface area (Å²) in [4.78, 5) is 19.8. The number of ether oxygens (including phenoxy) is 1. The maximum Gasteiger partial charge on any atom is 0.216 e. The molecule has 0 spiro atoms. The standard InChI is InChI=1S/C12H12N2O3/c1-8-3-9(6-17-8)11(15)4-10-5-12(16-2)14-7-13-10/h3,5-7H,4H2,1-2H3. The number of aryl methyl sites for hydroxylation is 1. The zero-order chi connectivity index (χ0) is 12.3. The van der Waals surface area contributed by atoms with Crippen molar-refractivity contribution in [3.63, 3.8) is 0 Å². The van der Waals surface area contributed by atoms with Crippen LogP contribution in [-0.4, -0.2) is 22.9 Å². The number of ketones is 1. The Hall–Kier alpha value is -2.17. The highest BCUT2D eigenvalue weighted by molar-refractivity contribution is 5.97. The molecule has 88 valence electrons. The summed E-state index contributed by atoms with van der Waals surface area (Å²) in [6.07, 6.45) is 3.04. The van der Waals surface area contributed by atoms with Gasteiger partial charge in [0.2, 0.25) is 5.88 Å².